The van der Waals surface area contributed by atoms with E-state index in [2.05, 4.69) is 0 Å². The maximum Gasteiger partial charge on any atom is 0.278 e. The standard InChI is InChI=1S/C20H19FN2O2/c1-13-4-5-15(14-6-8-16(21)9-7-14)12-17(13)18-19(24)22-10-2-3-11-23(22)20(18)25/h4-9,12,24H,2-3,10-11H2,1H3. The summed E-state index contributed by atoms with van der Waals surface area (Å²) in [5.74, 6) is -0.254. The third-order valence-electron chi connectivity index (χ3n) is 4.88. The molecule has 2 heterocycles. The van der Waals surface area contributed by atoms with Gasteiger partial charge in [-0.25, -0.2) is 9.07 Å². The van der Waals surface area contributed by atoms with Crippen LogP contribution >= 0.6 is 0 Å². The molecule has 0 aliphatic carbocycles. The Balaban J connectivity index is 1.89. The molecule has 0 atom stereocenters. The lowest BCUT2D eigenvalue weighted by molar-refractivity contribution is 0.305. The molecular formula is C20H19FN2O2. The Bertz CT molecular complexity index is 1000. The van der Waals surface area contributed by atoms with Crippen molar-refractivity contribution in [3.8, 4) is 28.1 Å². The maximum atomic E-state index is 13.2. The normalized spacial score (nSPS) is 13.7. The van der Waals surface area contributed by atoms with E-state index in [-0.39, 0.29) is 17.3 Å². The van der Waals surface area contributed by atoms with E-state index in [4.69, 9.17) is 0 Å². The lowest BCUT2D eigenvalue weighted by Gasteiger charge is -2.16. The molecule has 0 saturated heterocycles. The van der Waals surface area contributed by atoms with Crippen molar-refractivity contribution in [1.82, 2.24) is 9.36 Å². The van der Waals surface area contributed by atoms with Crippen molar-refractivity contribution in [3.63, 3.8) is 0 Å². The molecule has 5 heteroatoms. The molecule has 0 unspecified atom stereocenters. The summed E-state index contributed by atoms with van der Waals surface area (Å²) >= 11 is 0. The Morgan fingerprint density at radius 2 is 1.60 bits per heavy atom. The Hall–Kier alpha value is -2.82. The molecule has 0 spiro atoms. The molecule has 0 fully saturated rings. The van der Waals surface area contributed by atoms with Crippen LogP contribution < -0.4 is 5.56 Å². The number of halogens is 1. The van der Waals surface area contributed by atoms with Crippen molar-refractivity contribution in [2.45, 2.75) is 32.9 Å². The van der Waals surface area contributed by atoms with Crippen LogP contribution in [-0.4, -0.2) is 14.5 Å². The molecule has 25 heavy (non-hydrogen) atoms. The fourth-order valence-corrected chi connectivity index (χ4v) is 3.50. The molecule has 2 aromatic carbocycles. The van der Waals surface area contributed by atoms with Gasteiger partial charge in [-0.1, -0.05) is 24.3 Å². The van der Waals surface area contributed by atoms with Crippen LogP contribution in [-0.2, 0) is 13.1 Å². The van der Waals surface area contributed by atoms with Crippen LogP contribution in [0.15, 0.2) is 47.3 Å². The van der Waals surface area contributed by atoms with Gasteiger partial charge in [-0.2, -0.15) is 0 Å². The molecule has 1 aliphatic rings. The van der Waals surface area contributed by atoms with Crippen molar-refractivity contribution < 1.29 is 9.50 Å². The number of nitrogens with zero attached hydrogens (tertiary/aromatic N) is 2. The average molecular weight is 338 g/mol. The molecule has 0 bridgehead atoms. The van der Waals surface area contributed by atoms with E-state index in [9.17, 15) is 14.3 Å². The molecule has 3 aromatic rings. The Kier molecular flexibility index (Phi) is 3.71. The summed E-state index contributed by atoms with van der Waals surface area (Å²) in [6.45, 7) is 3.20. The van der Waals surface area contributed by atoms with Gasteiger partial charge in [0.2, 0.25) is 5.88 Å². The predicted molar refractivity (Wildman–Crippen MR) is 95.2 cm³/mol. The third-order valence-corrected chi connectivity index (χ3v) is 4.88. The highest BCUT2D eigenvalue weighted by molar-refractivity contribution is 5.77. The topological polar surface area (TPSA) is 47.2 Å². The number of hydrogen-bond donors (Lipinski definition) is 1. The van der Waals surface area contributed by atoms with E-state index >= 15 is 0 Å². The van der Waals surface area contributed by atoms with Gasteiger partial charge in [0.25, 0.3) is 5.56 Å². The first-order valence-electron chi connectivity index (χ1n) is 8.46. The molecule has 0 saturated carbocycles. The monoisotopic (exact) mass is 338 g/mol. The zero-order chi connectivity index (χ0) is 17.6. The molecule has 1 aliphatic heterocycles. The summed E-state index contributed by atoms with van der Waals surface area (Å²) in [6.07, 6.45) is 1.90. The fourth-order valence-electron chi connectivity index (χ4n) is 3.50. The number of aryl methyl sites for hydroxylation is 1. The van der Waals surface area contributed by atoms with Crippen LogP contribution in [0.5, 0.6) is 5.88 Å². The number of aromatic nitrogens is 2. The summed E-state index contributed by atoms with van der Waals surface area (Å²) in [6, 6.07) is 12.0. The zero-order valence-corrected chi connectivity index (χ0v) is 14.0. The molecule has 4 rings (SSSR count). The number of hydrogen-bond acceptors (Lipinski definition) is 2. The van der Waals surface area contributed by atoms with E-state index < -0.39 is 0 Å². The SMILES string of the molecule is Cc1ccc(-c2ccc(F)cc2)cc1-c1c(O)n2n(c1=O)CCCC2. The van der Waals surface area contributed by atoms with Crippen molar-refractivity contribution in [2.75, 3.05) is 0 Å². The van der Waals surface area contributed by atoms with Crippen molar-refractivity contribution in [1.29, 1.82) is 0 Å². The van der Waals surface area contributed by atoms with E-state index in [0.717, 1.165) is 35.1 Å². The molecule has 0 radical (unpaired) electrons. The molecule has 0 amide bonds. The van der Waals surface area contributed by atoms with Gasteiger partial charge in [-0.15, -0.1) is 0 Å². The summed E-state index contributed by atoms with van der Waals surface area (Å²) in [5.41, 5.74) is 3.58. The van der Waals surface area contributed by atoms with Crippen LogP contribution in [0.3, 0.4) is 0 Å². The number of aromatic hydroxyl groups is 1. The number of benzene rings is 2. The lowest BCUT2D eigenvalue weighted by Crippen LogP contribution is -2.27. The van der Waals surface area contributed by atoms with E-state index in [0.29, 0.717) is 18.7 Å². The minimum absolute atomic E-state index is 0.0315. The van der Waals surface area contributed by atoms with Crippen molar-refractivity contribution >= 4 is 0 Å². The molecular weight excluding hydrogens is 319 g/mol. The van der Waals surface area contributed by atoms with Gasteiger partial charge < -0.3 is 5.11 Å². The average Bonchev–Trinajstić information content (AvgIpc) is 2.88. The van der Waals surface area contributed by atoms with Gasteiger partial charge in [0.05, 0.1) is 0 Å². The predicted octanol–water partition coefficient (Wildman–Crippen LogP) is 3.93. The largest absolute Gasteiger partial charge is 0.493 e. The first-order valence-corrected chi connectivity index (χ1v) is 8.46. The summed E-state index contributed by atoms with van der Waals surface area (Å²) in [7, 11) is 0. The summed E-state index contributed by atoms with van der Waals surface area (Å²) in [4.78, 5) is 12.8. The third kappa shape index (κ3) is 2.56. The number of rotatable bonds is 2. The Morgan fingerprint density at radius 1 is 0.960 bits per heavy atom. The molecule has 1 aromatic heterocycles. The van der Waals surface area contributed by atoms with Crippen LogP contribution in [0.2, 0.25) is 0 Å². The Labute approximate surface area is 144 Å². The minimum Gasteiger partial charge on any atom is -0.493 e. The van der Waals surface area contributed by atoms with Crippen molar-refractivity contribution in [3.05, 3.63) is 64.2 Å². The van der Waals surface area contributed by atoms with E-state index in [1.165, 1.54) is 12.1 Å². The highest BCUT2D eigenvalue weighted by Gasteiger charge is 2.24. The van der Waals surface area contributed by atoms with Gasteiger partial charge >= 0.3 is 0 Å². The second-order valence-corrected chi connectivity index (χ2v) is 6.49. The van der Waals surface area contributed by atoms with Gasteiger partial charge in [0, 0.05) is 13.1 Å². The van der Waals surface area contributed by atoms with Gasteiger partial charge in [-0.3, -0.25) is 9.48 Å². The van der Waals surface area contributed by atoms with Crippen LogP contribution in [0.25, 0.3) is 22.3 Å². The highest BCUT2D eigenvalue weighted by atomic mass is 19.1. The lowest BCUT2D eigenvalue weighted by atomic mass is 9.96. The maximum absolute atomic E-state index is 13.2. The quantitative estimate of drug-likeness (QED) is 0.769. The number of fused-ring (bicyclic) bond motifs is 1. The second-order valence-electron chi connectivity index (χ2n) is 6.49. The zero-order valence-electron chi connectivity index (χ0n) is 14.0. The fraction of sp³-hybridized carbons (Fsp3) is 0.250. The Morgan fingerprint density at radius 3 is 2.28 bits per heavy atom. The van der Waals surface area contributed by atoms with Crippen molar-refractivity contribution in [2.24, 2.45) is 0 Å². The second kappa shape index (κ2) is 5.92. The van der Waals surface area contributed by atoms with Gasteiger partial charge in [0.1, 0.15) is 11.4 Å². The van der Waals surface area contributed by atoms with Gasteiger partial charge in [-0.05, 0) is 60.2 Å². The minimum atomic E-state index is -0.285. The van der Waals surface area contributed by atoms with E-state index in [1.54, 1.807) is 21.5 Å². The van der Waals surface area contributed by atoms with E-state index in [1.807, 2.05) is 25.1 Å². The van der Waals surface area contributed by atoms with Crippen LogP contribution in [0, 0.1) is 12.7 Å². The van der Waals surface area contributed by atoms with Crippen LogP contribution in [0.4, 0.5) is 4.39 Å². The molecule has 4 nitrogen and oxygen atoms in total. The summed E-state index contributed by atoms with van der Waals surface area (Å²) in [5, 5.41) is 10.6. The first-order chi connectivity index (χ1) is 12.1. The van der Waals surface area contributed by atoms with Gasteiger partial charge in [0.15, 0.2) is 0 Å². The smallest absolute Gasteiger partial charge is 0.278 e. The molecule has 1 N–H and O–H groups in total. The van der Waals surface area contributed by atoms with Crippen LogP contribution in [0.1, 0.15) is 18.4 Å². The molecule has 128 valence electrons. The summed E-state index contributed by atoms with van der Waals surface area (Å²) < 4.78 is 16.5. The highest BCUT2D eigenvalue weighted by Crippen LogP contribution is 2.33. The first kappa shape index (κ1) is 15.7.